The summed E-state index contributed by atoms with van der Waals surface area (Å²) in [6.45, 7) is 3.92. The minimum absolute atomic E-state index is 0.0994. The van der Waals surface area contributed by atoms with E-state index in [1.54, 1.807) is 18.3 Å². The third-order valence-corrected chi connectivity index (χ3v) is 4.15. The summed E-state index contributed by atoms with van der Waals surface area (Å²) < 4.78 is 7.26. The summed E-state index contributed by atoms with van der Waals surface area (Å²) >= 11 is 0. The SMILES string of the molecule is CCOc1ncccc1NC(=O)N1CC[C@H](Cc2cnn(C)c2)C1. The molecule has 24 heavy (non-hydrogen) atoms. The lowest BCUT2D eigenvalue weighted by molar-refractivity contribution is 0.220. The first kappa shape index (κ1) is 16.3. The second-order valence-corrected chi connectivity index (χ2v) is 6.05. The van der Waals surface area contributed by atoms with Crippen LogP contribution in [0.5, 0.6) is 5.88 Å². The minimum atomic E-state index is -0.0994. The van der Waals surface area contributed by atoms with Gasteiger partial charge in [-0.1, -0.05) is 0 Å². The van der Waals surface area contributed by atoms with Crippen molar-refractivity contribution >= 4 is 11.7 Å². The molecule has 2 aromatic rings. The summed E-state index contributed by atoms with van der Waals surface area (Å²) in [5.74, 6) is 0.930. The van der Waals surface area contributed by atoms with Crippen LogP contribution in [0.4, 0.5) is 10.5 Å². The first-order valence-electron chi connectivity index (χ1n) is 8.27. The van der Waals surface area contributed by atoms with Gasteiger partial charge in [0, 0.05) is 32.5 Å². The molecule has 2 aromatic heterocycles. The second-order valence-electron chi connectivity index (χ2n) is 6.05. The summed E-state index contributed by atoms with van der Waals surface area (Å²) in [6, 6.07) is 3.49. The Hall–Kier alpha value is -2.57. The molecule has 2 amide bonds. The Bertz CT molecular complexity index is 700. The standard InChI is InChI=1S/C17H23N5O2/c1-3-24-16-15(5-4-7-18-16)20-17(23)22-8-6-13(12-22)9-14-10-19-21(2)11-14/h4-5,7,10-11,13H,3,6,8-9,12H2,1-2H3,(H,20,23)/t13-/m1/s1. The summed E-state index contributed by atoms with van der Waals surface area (Å²) in [6.07, 6.45) is 7.54. The summed E-state index contributed by atoms with van der Waals surface area (Å²) in [7, 11) is 1.92. The zero-order chi connectivity index (χ0) is 16.9. The number of ether oxygens (including phenoxy) is 1. The number of carbonyl (C=O) groups excluding carboxylic acids is 1. The number of aromatic nitrogens is 3. The Morgan fingerprint density at radius 3 is 3.12 bits per heavy atom. The van der Waals surface area contributed by atoms with Crippen molar-refractivity contribution in [3.05, 3.63) is 36.3 Å². The average Bonchev–Trinajstić information content (AvgIpc) is 3.19. The molecule has 0 radical (unpaired) electrons. The highest BCUT2D eigenvalue weighted by molar-refractivity contribution is 5.90. The van der Waals surface area contributed by atoms with Crippen LogP contribution < -0.4 is 10.1 Å². The van der Waals surface area contributed by atoms with E-state index in [1.165, 1.54) is 5.56 Å². The molecule has 3 heterocycles. The van der Waals surface area contributed by atoms with Crippen LogP contribution in [0.3, 0.4) is 0 Å². The van der Waals surface area contributed by atoms with Crippen LogP contribution in [0, 0.1) is 5.92 Å². The molecule has 7 nitrogen and oxygen atoms in total. The molecule has 1 aliphatic rings. The van der Waals surface area contributed by atoms with Crippen LogP contribution in [0.25, 0.3) is 0 Å². The fourth-order valence-corrected chi connectivity index (χ4v) is 3.03. The highest BCUT2D eigenvalue weighted by Gasteiger charge is 2.27. The van der Waals surface area contributed by atoms with Crippen LogP contribution in [0.15, 0.2) is 30.7 Å². The molecule has 0 aliphatic carbocycles. The normalized spacial score (nSPS) is 17.1. The van der Waals surface area contributed by atoms with Crippen molar-refractivity contribution in [2.45, 2.75) is 19.8 Å². The van der Waals surface area contributed by atoms with Gasteiger partial charge in [0.25, 0.3) is 0 Å². The van der Waals surface area contributed by atoms with Crippen molar-refractivity contribution in [3.63, 3.8) is 0 Å². The summed E-state index contributed by atoms with van der Waals surface area (Å²) in [5.41, 5.74) is 1.83. The number of amides is 2. The van der Waals surface area contributed by atoms with Crippen molar-refractivity contribution in [2.75, 3.05) is 25.0 Å². The lowest BCUT2D eigenvalue weighted by atomic mass is 10.0. The number of carbonyl (C=O) groups is 1. The summed E-state index contributed by atoms with van der Waals surface area (Å²) in [4.78, 5) is 18.5. The van der Waals surface area contributed by atoms with E-state index in [-0.39, 0.29) is 6.03 Å². The number of anilines is 1. The smallest absolute Gasteiger partial charge is 0.322 e. The lowest BCUT2D eigenvalue weighted by Gasteiger charge is -2.18. The van der Waals surface area contributed by atoms with E-state index in [4.69, 9.17) is 4.74 Å². The second kappa shape index (κ2) is 7.33. The molecule has 0 bridgehead atoms. The van der Waals surface area contributed by atoms with Crippen molar-refractivity contribution in [1.82, 2.24) is 19.7 Å². The lowest BCUT2D eigenvalue weighted by Crippen LogP contribution is -2.33. The number of pyridine rings is 1. The topological polar surface area (TPSA) is 72.3 Å². The first-order valence-corrected chi connectivity index (χ1v) is 8.27. The van der Waals surface area contributed by atoms with Gasteiger partial charge in [0.2, 0.25) is 5.88 Å². The predicted molar refractivity (Wildman–Crippen MR) is 91.0 cm³/mol. The molecule has 0 spiro atoms. The van der Waals surface area contributed by atoms with Crippen LogP contribution in [0.1, 0.15) is 18.9 Å². The van der Waals surface area contributed by atoms with E-state index in [2.05, 4.69) is 15.4 Å². The number of aryl methyl sites for hydroxylation is 1. The average molecular weight is 329 g/mol. The van der Waals surface area contributed by atoms with Gasteiger partial charge >= 0.3 is 6.03 Å². The first-order chi connectivity index (χ1) is 11.7. The Labute approximate surface area is 141 Å². The van der Waals surface area contributed by atoms with Gasteiger partial charge in [-0.15, -0.1) is 0 Å². The van der Waals surface area contributed by atoms with Crippen LogP contribution in [-0.2, 0) is 13.5 Å². The number of nitrogens with zero attached hydrogens (tertiary/aromatic N) is 4. The summed E-state index contributed by atoms with van der Waals surface area (Å²) in [5, 5.41) is 7.11. The molecule has 1 N–H and O–H groups in total. The Balaban J connectivity index is 1.57. The molecule has 0 saturated carbocycles. The molecule has 128 valence electrons. The molecular formula is C17H23N5O2. The molecule has 3 rings (SSSR count). The number of urea groups is 1. The van der Waals surface area contributed by atoms with Crippen LogP contribution >= 0.6 is 0 Å². The van der Waals surface area contributed by atoms with E-state index in [1.807, 2.05) is 35.9 Å². The number of likely N-dealkylation sites (tertiary alicyclic amines) is 1. The van der Waals surface area contributed by atoms with Crippen molar-refractivity contribution < 1.29 is 9.53 Å². The van der Waals surface area contributed by atoms with E-state index in [0.29, 0.717) is 24.1 Å². The zero-order valence-corrected chi connectivity index (χ0v) is 14.1. The fourth-order valence-electron chi connectivity index (χ4n) is 3.03. The highest BCUT2D eigenvalue weighted by Crippen LogP contribution is 2.24. The van der Waals surface area contributed by atoms with E-state index in [9.17, 15) is 4.79 Å². The van der Waals surface area contributed by atoms with E-state index >= 15 is 0 Å². The molecule has 1 fully saturated rings. The Morgan fingerprint density at radius 2 is 2.38 bits per heavy atom. The minimum Gasteiger partial charge on any atom is -0.476 e. The van der Waals surface area contributed by atoms with Crippen molar-refractivity contribution in [3.8, 4) is 5.88 Å². The maximum Gasteiger partial charge on any atom is 0.322 e. The van der Waals surface area contributed by atoms with Gasteiger partial charge in [-0.25, -0.2) is 9.78 Å². The monoisotopic (exact) mass is 329 g/mol. The van der Waals surface area contributed by atoms with Gasteiger partial charge in [-0.2, -0.15) is 5.10 Å². The molecule has 0 unspecified atom stereocenters. The Morgan fingerprint density at radius 1 is 1.50 bits per heavy atom. The largest absolute Gasteiger partial charge is 0.476 e. The molecule has 7 heteroatoms. The van der Waals surface area contributed by atoms with Crippen molar-refractivity contribution in [2.24, 2.45) is 13.0 Å². The van der Waals surface area contributed by atoms with Gasteiger partial charge in [-0.05, 0) is 43.4 Å². The molecule has 0 aromatic carbocycles. The number of nitrogens with one attached hydrogen (secondary N) is 1. The third-order valence-electron chi connectivity index (χ3n) is 4.15. The van der Waals surface area contributed by atoms with Crippen molar-refractivity contribution in [1.29, 1.82) is 0 Å². The maximum atomic E-state index is 12.5. The van der Waals surface area contributed by atoms with Gasteiger partial charge < -0.3 is 15.0 Å². The van der Waals surface area contributed by atoms with Gasteiger partial charge in [0.05, 0.1) is 12.8 Å². The van der Waals surface area contributed by atoms with Crippen LogP contribution in [-0.4, -0.2) is 45.4 Å². The Kier molecular flexibility index (Phi) is 4.98. The quantitative estimate of drug-likeness (QED) is 0.914. The molecule has 1 atom stereocenters. The molecule has 1 saturated heterocycles. The molecule has 1 aliphatic heterocycles. The number of hydrogen-bond acceptors (Lipinski definition) is 4. The van der Waals surface area contributed by atoms with Gasteiger partial charge in [-0.3, -0.25) is 4.68 Å². The van der Waals surface area contributed by atoms with E-state index in [0.717, 1.165) is 25.9 Å². The van der Waals surface area contributed by atoms with E-state index < -0.39 is 0 Å². The number of rotatable bonds is 5. The number of hydrogen-bond donors (Lipinski definition) is 1. The highest BCUT2D eigenvalue weighted by atomic mass is 16.5. The van der Waals surface area contributed by atoms with Gasteiger partial charge in [0.1, 0.15) is 5.69 Å². The maximum absolute atomic E-state index is 12.5. The predicted octanol–water partition coefficient (Wildman–Crippen LogP) is 2.31. The zero-order valence-electron chi connectivity index (χ0n) is 14.1. The molecular weight excluding hydrogens is 306 g/mol. The van der Waals surface area contributed by atoms with Crippen LogP contribution in [0.2, 0.25) is 0 Å². The van der Waals surface area contributed by atoms with Gasteiger partial charge in [0.15, 0.2) is 0 Å². The third kappa shape index (κ3) is 3.84. The fraction of sp³-hybridized carbons (Fsp3) is 0.471.